The van der Waals surface area contributed by atoms with Crippen molar-refractivity contribution in [2.75, 3.05) is 0 Å². The highest BCUT2D eigenvalue weighted by atomic mass is 16.3. The molecule has 2 aromatic rings. The number of aliphatic hydroxyl groups excluding tert-OH is 1. The van der Waals surface area contributed by atoms with Gasteiger partial charge in [0.05, 0.1) is 0 Å². The lowest BCUT2D eigenvalue weighted by atomic mass is 9.36. The van der Waals surface area contributed by atoms with Gasteiger partial charge in [-0.3, -0.25) is 0 Å². The van der Waals surface area contributed by atoms with E-state index in [1.165, 1.54) is 11.1 Å². The number of benzene rings is 2. The highest BCUT2D eigenvalue weighted by Gasteiger charge is 2.32. The largest absolute Gasteiger partial charge is 0.508 e. The van der Waals surface area contributed by atoms with Crippen LogP contribution in [0.2, 0.25) is 6.32 Å². The number of aliphatic hydroxyl groups is 1. The van der Waals surface area contributed by atoms with Gasteiger partial charge in [-0.05, 0) is 46.6 Å². The van der Waals surface area contributed by atoms with Crippen LogP contribution in [0.3, 0.4) is 0 Å². The summed E-state index contributed by atoms with van der Waals surface area (Å²) in [5.74, 6) is 0.444. The van der Waals surface area contributed by atoms with Gasteiger partial charge < -0.3 is 21.9 Å². The number of nitrogens with two attached hydrogens (primary N) is 2. The summed E-state index contributed by atoms with van der Waals surface area (Å²) in [5.41, 5.74) is 19.2. The third kappa shape index (κ3) is 4.01. The van der Waals surface area contributed by atoms with Crippen LogP contribution in [-0.4, -0.2) is 17.8 Å². The van der Waals surface area contributed by atoms with Gasteiger partial charge in [-0.15, -0.1) is 0 Å². The number of hydrogen-bond acceptors (Lipinski definition) is 4. The zero-order chi connectivity index (χ0) is 20.3. The predicted octanol–water partition coefficient (Wildman–Crippen LogP) is 3.45. The van der Waals surface area contributed by atoms with Gasteiger partial charge in [-0.2, -0.15) is 0 Å². The van der Waals surface area contributed by atoms with Crippen LogP contribution in [0.1, 0.15) is 40.3 Å². The molecule has 1 aliphatic rings. The Labute approximate surface area is 168 Å². The average molecular weight is 375 g/mol. The van der Waals surface area contributed by atoms with Crippen molar-refractivity contribution >= 4 is 18.2 Å². The molecule has 0 fully saturated rings. The van der Waals surface area contributed by atoms with Crippen molar-refractivity contribution < 1.29 is 5.11 Å². The smallest absolute Gasteiger partial charge is 0.171 e. The fourth-order valence-corrected chi connectivity index (χ4v) is 4.25. The lowest BCUT2D eigenvalue weighted by Gasteiger charge is -2.33. The number of hydrogen-bond donors (Lipinski definition) is 4. The quantitative estimate of drug-likeness (QED) is 0.441. The molecule has 0 saturated carbocycles. The second-order valence-corrected chi connectivity index (χ2v) is 7.59. The minimum atomic E-state index is 0.150. The Morgan fingerprint density at radius 3 is 2.57 bits per heavy atom. The molecule has 4 nitrogen and oxygen atoms in total. The van der Waals surface area contributed by atoms with Crippen molar-refractivity contribution in [2.24, 2.45) is 11.5 Å². The standard InChI is InChI=1S/C23H30BN3O/c1-4-24-12-22-18(6-5-7-21(22)16(3)28)11-23(24)27-15(2)17-8-9-19(13-25)20(10-17)14-26/h5-10,23,27-28H,2-4,11-14,25-26H2,1H3. The summed E-state index contributed by atoms with van der Waals surface area (Å²) in [6.45, 7) is 11.6. The number of rotatable bonds is 7. The molecule has 1 unspecified atom stereocenters. The van der Waals surface area contributed by atoms with Crippen LogP contribution in [0, 0.1) is 0 Å². The molecule has 5 heteroatoms. The van der Waals surface area contributed by atoms with Crippen LogP contribution < -0.4 is 16.8 Å². The summed E-state index contributed by atoms with van der Waals surface area (Å²) in [6.07, 6.45) is 2.88. The van der Waals surface area contributed by atoms with Crippen LogP contribution in [0.25, 0.3) is 11.5 Å². The minimum absolute atomic E-state index is 0.150. The summed E-state index contributed by atoms with van der Waals surface area (Å²) in [7, 11) is 0. The molecule has 1 aliphatic heterocycles. The van der Waals surface area contributed by atoms with Crippen LogP contribution in [-0.2, 0) is 25.8 Å². The third-order valence-corrected chi connectivity index (χ3v) is 5.94. The van der Waals surface area contributed by atoms with Gasteiger partial charge in [0.25, 0.3) is 0 Å². The van der Waals surface area contributed by atoms with Gasteiger partial charge in [-0.25, -0.2) is 0 Å². The molecule has 1 heterocycles. The maximum Gasteiger partial charge on any atom is 0.171 e. The van der Waals surface area contributed by atoms with E-state index in [4.69, 9.17) is 11.5 Å². The summed E-state index contributed by atoms with van der Waals surface area (Å²) in [6, 6.07) is 12.3. The second kappa shape index (κ2) is 8.67. The Balaban J connectivity index is 1.83. The van der Waals surface area contributed by atoms with Crippen molar-refractivity contribution in [3.05, 3.63) is 82.9 Å². The van der Waals surface area contributed by atoms with E-state index in [9.17, 15) is 5.11 Å². The third-order valence-electron chi connectivity index (χ3n) is 5.94. The Morgan fingerprint density at radius 1 is 1.18 bits per heavy atom. The molecule has 0 saturated heterocycles. The molecular weight excluding hydrogens is 345 g/mol. The highest BCUT2D eigenvalue weighted by molar-refractivity contribution is 6.60. The van der Waals surface area contributed by atoms with Crippen LogP contribution in [0.5, 0.6) is 0 Å². The summed E-state index contributed by atoms with van der Waals surface area (Å²) >= 11 is 0. The zero-order valence-electron chi connectivity index (χ0n) is 16.7. The van der Waals surface area contributed by atoms with Crippen molar-refractivity contribution in [3.8, 4) is 0 Å². The first kappa shape index (κ1) is 20.2. The van der Waals surface area contributed by atoms with E-state index in [1.54, 1.807) is 0 Å². The van der Waals surface area contributed by atoms with Crippen molar-refractivity contribution in [1.82, 2.24) is 5.32 Å². The van der Waals surface area contributed by atoms with Crippen molar-refractivity contribution in [3.63, 3.8) is 0 Å². The second-order valence-electron chi connectivity index (χ2n) is 7.59. The van der Waals surface area contributed by atoms with Crippen LogP contribution >= 0.6 is 0 Å². The Hall–Kier alpha value is -2.50. The Kier molecular flexibility index (Phi) is 6.27. The maximum atomic E-state index is 9.95. The normalized spacial score (nSPS) is 15.8. The van der Waals surface area contributed by atoms with Gasteiger partial charge >= 0.3 is 0 Å². The molecule has 0 bridgehead atoms. The molecule has 0 spiro atoms. The molecule has 28 heavy (non-hydrogen) atoms. The number of nitrogens with one attached hydrogen (secondary N) is 1. The first-order valence-corrected chi connectivity index (χ1v) is 9.95. The molecule has 2 aromatic carbocycles. The molecule has 0 aliphatic carbocycles. The van der Waals surface area contributed by atoms with E-state index < -0.39 is 0 Å². The van der Waals surface area contributed by atoms with Crippen LogP contribution in [0.15, 0.2) is 49.6 Å². The van der Waals surface area contributed by atoms with Gasteiger partial charge in [0.15, 0.2) is 6.71 Å². The zero-order valence-corrected chi connectivity index (χ0v) is 16.7. The average Bonchev–Trinajstić information content (AvgIpc) is 2.71. The van der Waals surface area contributed by atoms with E-state index in [-0.39, 0.29) is 5.76 Å². The molecule has 0 aromatic heterocycles. The Bertz CT molecular complexity index is 893. The van der Waals surface area contributed by atoms with Gasteiger partial charge in [0, 0.05) is 30.3 Å². The maximum absolute atomic E-state index is 9.95. The minimum Gasteiger partial charge on any atom is -0.508 e. The SMILES string of the molecule is C=C(NC1Cc2cccc(C(=C)O)c2CB1CC)c1ccc(CN)c(CN)c1. The van der Waals surface area contributed by atoms with E-state index in [0.29, 0.717) is 25.7 Å². The molecule has 146 valence electrons. The fourth-order valence-electron chi connectivity index (χ4n) is 4.25. The van der Waals surface area contributed by atoms with Gasteiger partial charge in [0.2, 0.25) is 0 Å². The molecular formula is C23H30BN3O. The van der Waals surface area contributed by atoms with Crippen LogP contribution in [0.4, 0.5) is 0 Å². The first-order valence-electron chi connectivity index (χ1n) is 9.95. The van der Waals surface area contributed by atoms with E-state index in [2.05, 4.69) is 43.6 Å². The fraction of sp³-hybridized carbons (Fsp3) is 0.304. The molecule has 0 radical (unpaired) electrons. The van der Waals surface area contributed by atoms with E-state index >= 15 is 0 Å². The summed E-state index contributed by atoms with van der Waals surface area (Å²) in [4.78, 5) is 0. The van der Waals surface area contributed by atoms with E-state index in [1.807, 2.05) is 18.2 Å². The van der Waals surface area contributed by atoms with Crippen molar-refractivity contribution in [1.29, 1.82) is 0 Å². The lowest BCUT2D eigenvalue weighted by molar-refractivity contribution is 0.512. The first-order chi connectivity index (χ1) is 13.5. The van der Waals surface area contributed by atoms with Crippen molar-refractivity contribution in [2.45, 2.75) is 45.0 Å². The highest BCUT2D eigenvalue weighted by Crippen LogP contribution is 2.29. The van der Waals surface area contributed by atoms with Gasteiger partial charge in [-0.1, -0.05) is 56.7 Å². The molecule has 3 rings (SSSR count). The topological polar surface area (TPSA) is 84.3 Å². The predicted molar refractivity (Wildman–Crippen MR) is 120 cm³/mol. The molecule has 1 atom stereocenters. The molecule has 0 amide bonds. The van der Waals surface area contributed by atoms with E-state index in [0.717, 1.165) is 47.0 Å². The number of fused-ring (bicyclic) bond motifs is 1. The summed E-state index contributed by atoms with van der Waals surface area (Å²) < 4.78 is 0. The molecule has 6 N–H and O–H groups in total. The Morgan fingerprint density at radius 2 is 1.93 bits per heavy atom. The summed E-state index contributed by atoms with van der Waals surface area (Å²) in [5, 5.41) is 13.6. The van der Waals surface area contributed by atoms with Gasteiger partial charge in [0.1, 0.15) is 5.76 Å². The lowest BCUT2D eigenvalue weighted by Crippen LogP contribution is -2.48. The monoisotopic (exact) mass is 375 g/mol.